The van der Waals surface area contributed by atoms with Crippen molar-refractivity contribution in [2.75, 3.05) is 19.0 Å². The topological polar surface area (TPSA) is 41.3 Å². The number of aliphatic hydroxyl groups is 1. The molecule has 2 aromatic rings. The molecule has 0 radical (unpaired) electrons. The molecule has 0 amide bonds. The van der Waals surface area contributed by atoms with Gasteiger partial charge in [-0.2, -0.15) is 5.10 Å². The van der Waals surface area contributed by atoms with Gasteiger partial charge in [-0.05, 0) is 40.5 Å². The average molecular weight is 338 g/mol. The number of aliphatic hydroxyl groups excluding tert-OH is 1. The fraction of sp³-hybridized carbons (Fsp3) is 0.400. The maximum atomic E-state index is 10.4. The van der Waals surface area contributed by atoms with Crippen molar-refractivity contribution in [1.82, 2.24) is 9.78 Å². The van der Waals surface area contributed by atoms with Crippen LogP contribution in [0.2, 0.25) is 0 Å². The smallest absolute Gasteiger partial charge is 0.0845 e. The van der Waals surface area contributed by atoms with Gasteiger partial charge in [0.1, 0.15) is 0 Å². The van der Waals surface area contributed by atoms with Crippen molar-refractivity contribution >= 4 is 21.6 Å². The van der Waals surface area contributed by atoms with Gasteiger partial charge in [-0.3, -0.25) is 4.68 Å². The molecule has 1 N–H and O–H groups in total. The summed E-state index contributed by atoms with van der Waals surface area (Å²) in [5.74, 6) is 0. The number of hydrogen-bond donors (Lipinski definition) is 1. The Balaban J connectivity index is 2.17. The third-order valence-corrected chi connectivity index (χ3v) is 4.47. The molecule has 20 heavy (non-hydrogen) atoms. The van der Waals surface area contributed by atoms with Gasteiger partial charge in [0.2, 0.25) is 0 Å². The first kappa shape index (κ1) is 15.1. The van der Waals surface area contributed by atoms with Crippen molar-refractivity contribution in [2.24, 2.45) is 7.05 Å². The van der Waals surface area contributed by atoms with Crippen molar-refractivity contribution < 1.29 is 5.11 Å². The van der Waals surface area contributed by atoms with Crippen LogP contribution in [0.1, 0.15) is 23.1 Å². The van der Waals surface area contributed by atoms with E-state index in [2.05, 4.69) is 21.0 Å². The number of rotatable bonds is 4. The Labute approximate surface area is 128 Å². The first-order chi connectivity index (χ1) is 9.40. The Hall–Kier alpha value is -1.33. The lowest BCUT2D eigenvalue weighted by Crippen LogP contribution is -2.10. The minimum atomic E-state index is -0.530. The second kappa shape index (κ2) is 5.97. The lowest BCUT2D eigenvalue weighted by atomic mass is 10.0. The Morgan fingerprint density at radius 3 is 2.35 bits per heavy atom. The van der Waals surface area contributed by atoms with Crippen molar-refractivity contribution in [3.05, 3.63) is 45.7 Å². The zero-order valence-electron chi connectivity index (χ0n) is 12.3. The summed E-state index contributed by atoms with van der Waals surface area (Å²) in [6.07, 6.45) is 0.0106. The van der Waals surface area contributed by atoms with Gasteiger partial charge in [0, 0.05) is 33.3 Å². The highest BCUT2D eigenvalue weighted by Gasteiger charge is 2.16. The molecule has 2 rings (SSSR count). The standard InChI is InChI=1S/C15H20BrN3O/c1-10-15(16)13(19(4)17-10)9-14(20)11-5-7-12(8-6-11)18(2)3/h5-8,14,20H,9H2,1-4H3. The van der Waals surface area contributed by atoms with E-state index in [-0.39, 0.29) is 0 Å². The van der Waals surface area contributed by atoms with E-state index >= 15 is 0 Å². The van der Waals surface area contributed by atoms with Gasteiger partial charge in [-0.15, -0.1) is 0 Å². The third-order valence-electron chi connectivity index (χ3n) is 3.44. The quantitative estimate of drug-likeness (QED) is 0.932. The number of halogens is 1. The summed E-state index contributed by atoms with van der Waals surface area (Å²) in [5.41, 5.74) is 3.99. The maximum Gasteiger partial charge on any atom is 0.0845 e. The van der Waals surface area contributed by atoms with E-state index in [0.717, 1.165) is 27.1 Å². The lowest BCUT2D eigenvalue weighted by molar-refractivity contribution is 0.175. The molecule has 4 nitrogen and oxygen atoms in total. The minimum Gasteiger partial charge on any atom is -0.388 e. The Bertz CT molecular complexity index is 590. The molecule has 0 spiro atoms. The van der Waals surface area contributed by atoms with E-state index < -0.39 is 6.10 Å². The number of benzene rings is 1. The van der Waals surface area contributed by atoms with Crippen molar-refractivity contribution in [2.45, 2.75) is 19.4 Å². The first-order valence-electron chi connectivity index (χ1n) is 6.53. The molecule has 1 unspecified atom stereocenters. The molecule has 0 aliphatic carbocycles. The van der Waals surface area contributed by atoms with Crippen molar-refractivity contribution in [1.29, 1.82) is 0 Å². The number of aryl methyl sites for hydroxylation is 2. The molecular formula is C15H20BrN3O. The number of nitrogens with zero attached hydrogens (tertiary/aromatic N) is 3. The van der Waals surface area contributed by atoms with Crippen LogP contribution in [0.5, 0.6) is 0 Å². The SMILES string of the molecule is Cc1nn(C)c(CC(O)c2ccc(N(C)C)cc2)c1Br. The molecule has 0 bridgehead atoms. The summed E-state index contributed by atoms with van der Waals surface area (Å²) < 4.78 is 2.79. The van der Waals surface area contributed by atoms with E-state index in [0.29, 0.717) is 6.42 Å². The molecule has 1 heterocycles. The Morgan fingerprint density at radius 2 is 1.90 bits per heavy atom. The number of anilines is 1. The maximum absolute atomic E-state index is 10.4. The first-order valence-corrected chi connectivity index (χ1v) is 7.32. The molecule has 0 fully saturated rings. The zero-order valence-corrected chi connectivity index (χ0v) is 13.8. The van der Waals surface area contributed by atoms with E-state index in [1.165, 1.54) is 0 Å². The van der Waals surface area contributed by atoms with Crippen LogP contribution in [0.4, 0.5) is 5.69 Å². The highest BCUT2D eigenvalue weighted by Crippen LogP contribution is 2.26. The van der Waals surface area contributed by atoms with Crippen LogP contribution in [0, 0.1) is 6.92 Å². The zero-order chi connectivity index (χ0) is 14.9. The Kier molecular flexibility index (Phi) is 4.50. The highest BCUT2D eigenvalue weighted by molar-refractivity contribution is 9.10. The molecule has 5 heteroatoms. The second-order valence-electron chi connectivity index (χ2n) is 5.18. The number of aromatic nitrogens is 2. The summed E-state index contributed by atoms with van der Waals surface area (Å²) in [7, 11) is 5.90. The fourth-order valence-corrected chi connectivity index (χ4v) is 2.70. The number of hydrogen-bond acceptors (Lipinski definition) is 3. The molecule has 0 aliphatic rings. The van der Waals surface area contributed by atoms with Crippen LogP contribution < -0.4 is 4.90 Å². The van der Waals surface area contributed by atoms with E-state index in [4.69, 9.17) is 0 Å². The summed E-state index contributed by atoms with van der Waals surface area (Å²) in [5, 5.41) is 14.7. The van der Waals surface area contributed by atoms with Crippen molar-refractivity contribution in [3.8, 4) is 0 Å². The van der Waals surface area contributed by atoms with E-state index in [9.17, 15) is 5.11 Å². The highest BCUT2D eigenvalue weighted by atomic mass is 79.9. The van der Waals surface area contributed by atoms with Crippen LogP contribution in [0.25, 0.3) is 0 Å². The molecular weight excluding hydrogens is 318 g/mol. The molecule has 0 saturated carbocycles. The van der Waals surface area contributed by atoms with Gasteiger partial charge in [-0.1, -0.05) is 12.1 Å². The van der Waals surface area contributed by atoms with Crippen LogP contribution in [-0.2, 0) is 13.5 Å². The normalized spacial score (nSPS) is 12.5. The third kappa shape index (κ3) is 3.04. The van der Waals surface area contributed by atoms with Gasteiger partial charge in [-0.25, -0.2) is 0 Å². The molecule has 108 valence electrons. The molecule has 1 atom stereocenters. The molecule has 1 aromatic heterocycles. The monoisotopic (exact) mass is 337 g/mol. The molecule has 1 aromatic carbocycles. The fourth-order valence-electron chi connectivity index (χ4n) is 2.20. The molecule has 0 aliphatic heterocycles. The van der Waals surface area contributed by atoms with Gasteiger partial charge in [0.25, 0.3) is 0 Å². The summed E-state index contributed by atoms with van der Waals surface area (Å²) in [6.45, 7) is 1.95. The van der Waals surface area contributed by atoms with Gasteiger partial charge in [0.15, 0.2) is 0 Å². The van der Waals surface area contributed by atoms with E-state index in [1.807, 2.05) is 61.9 Å². The van der Waals surface area contributed by atoms with Crippen LogP contribution in [0.3, 0.4) is 0 Å². The Morgan fingerprint density at radius 1 is 1.30 bits per heavy atom. The summed E-state index contributed by atoms with van der Waals surface area (Å²) >= 11 is 3.53. The lowest BCUT2D eigenvalue weighted by Gasteiger charge is -2.15. The van der Waals surface area contributed by atoms with Crippen molar-refractivity contribution in [3.63, 3.8) is 0 Å². The summed E-state index contributed by atoms with van der Waals surface area (Å²) in [4.78, 5) is 2.04. The predicted molar refractivity (Wildman–Crippen MR) is 85.1 cm³/mol. The van der Waals surface area contributed by atoms with Crippen LogP contribution in [0.15, 0.2) is 28.7 Å². The van der Waals surface area contributed by atoms with Crippen LogP contribution >= 0.6 is 15.9 Å². The van der Waals surface area contributed by atoms with Gasteiger partial charge < -0.3 is 10.0 Å². The summed E-state index contributed by atoms with van der Waals surface area (Å²) in [6, 6.07) is 7.97. The largest absolute Gasteiger partial charge is 0.388 e. The van der Waals surface area contributed by atoms with Gasteiger partial charge in [0.05, 0.1) is 22.0 Å². The van der Waals surface area contributed by atoms with Crippen LogP contribution in [-0.4, -0.2) is 29.0 Å². The second-order valence-corrected chi connectivity index (χ2v) is 5.97. The minimum absolute atomic E-state index is 0.530. The average Bonchev–Trinajstić information content (AvgIpc) is 2.65. The van der Waals surface area contributed by atoms with E-state index in [1.54, 1.807) is 0 Å². The predicted octanol–water partition coefficient (Wildman–Crippen LogP) is 2.83. The molecule has 0 saturated heterocycles. The van der Waals surface area contributed by atoms with Gasteiger partial charge >= 0.3 is 0 Å².